The third-order valence-corrected chi connectivity index (χ3v) is 4.30. The van der Waals surface area contributed by atoms with Crippen molar-refractivity contribution in [3.63, 3.8) is 0 Å². The standard InChI is InChI=1S/C21H13ClFN3O2/c22-14-11-9-13(10-12-14)19-25-21(28-26-19)16-6-2-4-8-18(16)24-20(27)15-5-1-3-7-17(15)23/h1-12H,(H,24,27). The first-order valence-electron chi connectivity index (χ1n) is 8.37. The first-order chi connectivity index (χ1) is 13.6. The molecular weight excluding hydrogens is 381 g/mol. The van der Waals surface area contributed by atoms with Gasteiger partial charge in [-0.15, -0.1) is 0 Å². The summed E-state index contributed by atoms with van der Waals surface area (Å²) < 4.78 is 19.2. The highest BCUT2D eigenvalue weighted by atomic mass is 35.5. The monoisotopic (exact) mass is 393 g/mol. The maximum Gasteiger partial charge on any atom is 0.260 e. The molecule has 1 amide bonds. The Morgan fingerprint density at radius 1 is 0.964 bits per heavy atom. The Kier molecular flexibility index (Phi) is 4.87. The second-order valence-corrected chi connectivity index (χ2v) is 6.35. The molecule has 4 rings (SSSR count). The molecule has 1 heterocycles. The summed E-state index contributed by atoms with van der Waals surface area (Å²) in [6, 6.07) is 19.7. The number of benzene rings is 3. The second-order valence-electron chi connectivity index (χ2n) is 5.91. The maximum absolute atomic E-state index is 13.9. The van der Waals surface area contributed by atoms with Crippen LogP contribution in [0, 0.1) is 5.82 Å². The van der Waals surface area contributed by atoms with Crippen LogP contribution >= 0.6 is 11.6 Å². The van der Waals surface area contributed by atoms with E-state index in [2.05, 4.69) is 15.5 Å². The summed E-state index contributed by atoms with van der Waals surface area (Å²) in [7, 11) is 0. The Hall–Kier alpha value is -3.51. The number of amides is 1. The van der Waals surface area contributed by atoms with Gasteiger partial charge in [0.15, 0.2) is 0 Å². The molecule has 28 heavy (non-hydrogen) atoms. The summed E-state index contributed by atoms with van der Waals surface area (Å²) in [5.74, 6) is -0.542. The Labute approximate surface area is 164 Å². The van der Waals surface area contributed by atoms with Crippen LogP contribution < -0.4 is 5.32 Å². The highest BCUT2D eigenvalue weighted by Crippen LogP contribution is 2.29. The average molecular weight is 394 g/mol. The molecule has 0 aliphatic carbocycles. The molecule has 4 aromatic rings. The molecule has 0 spiro atoms. The van der Waals surface area contributed by atoms with Crippen molar-refractivity contribution in [1.82, 2.24) is 10.1 Å². The molecule has 0 saturated carbocycles. The van der Waals surface area contributed by atoms with E-state index in [1.807, 2.05) is 0 Å². The summed E-state index contributed by atoms with van der Waals surface area (Å²) in [4.78, 5) is 16.8. The lowest BCUT2D eigenvalue weighted by Crippen LogP contribution is -2.14. The van der Waals surface area contributed by atoms with Crippen LogP contribution in [-0.4, -0.2) is 16.0 Å². The van der Waals surface area contributed by atoms with Crippen molar-refractivity contribution in [2.75, 3.05) is 5.32 Å². The number of aromatic nitrogens is 2. The van der Waals surface area contributed by atoms with E-state index in [9.17, 15) is 9.18 Å². The third kappa shape index (κ3) is 3.63. The number of anilines is 1. The molecule has 138 valence electrons. The second kappa shape index (κ2) is 7.62. The van der Waals surface area contributed by atoms with Crippen LogP contribution in [0.2, 0.25) is 5.02 Å². The molecule has 0 atom stereocenters. The predicted molar refractivity (Wildman–Crippen MR) is 105 cm³/mol. The quantitative estimate of drug-likeness (QED) is 0.500. The largest absolute Gasteiger partial charge is 0.334 e. The van der Waals surface area contributed by atoms with Crippen LogP contribution in [0.5, 0.6) is 0 Å². The van der Waals surface area contributed by atoms with Crippen molar-refractivity contribution in [1.29, 1.82) is 0 Å². The van der Waals surface area contributed by atoms with Gasteiger partial charge >= 0.3 is 0 Å². The molecule has 7 heteroatoms. The zero-order valence-corrected chi connectivity index (χ0v) is 15.2. The summed E-state index contributed by atoms with van der Waals surface area (Å²) in [5.41, 5.74) is 1.65. The molecule has 0 radical (unpaired) electrons. The third-order valence-electron chi connectivity index (χ3n) is 4.05. The van der Waals surface area contributed by atoms with Crippen LogP contribution in [0.25, 0.3) is 22.8 Å². The van der Waals surface area contributed by atoms with Gasteiger partial charge in [-0.2, -0.15) is 4.98 Å². The molecule has 0 saturated heterocycles. The number of carbonyl (C=O) groups is 1. The Balaban J connectivity index is 1.64. The summed E-state index contributed by atoms with van der Waals surface area (Å²) in [5, 5.41) is 7.29. The number of rotatable bonds is 4. The van der Waals surface area contributed by atoms with E-state index in [4.69, 9.17) is 16.1 Å². The minimum absolute atomic E-state index is 0.0512. The van der Waals surface area contributed by atoms with Gasteiger partial charge in [-0.05, 0) is 48.5 Å². The number of hydrogen-bond donors (Lipinski definition) is 1. The number of nitrogens with one attached hydrogen (secondary N) is 1. The lowest BCUT2D eigenvalue weighted by molar-refractivity contribution is 0.102. The van der Waals surface area contributed by atoms with E-state index in [1.54, 1.807) is 54.6 Å². The number of carbonyl (C=O) groups excluding carboxylic acids is 1. The summed E-state index contributed by atoms with van der Waals surface area (Å²) in [6.07, 6.45) is 0. The Bertz CT molecular complexity index is 1140. The fourth-order valence-electron chi connectivity index (χ4n) is 2.66. The van der Waals surface area contributed by atoms with Gasteiger partial charge in [-0.3, -0.25) is 4.79 Å². The van der Waals surface area contributed by atoms with E-state index in [-0.39, 0.29) is 11.5 Å². The van der Waals surface area contributed by atoms with Gasteiger partial charge in [0.25, 0.3) is 11.8 Å². The van der Waals surface area contributed by atoms with E-state index in [0.29, 0.717) is 22.1 Å². The average Bonchev–Trinajstić information content (AvgIpc) is 3.19. The molecular formula is C21H13ClFN3O2. The predicted octanol–water partition coefficient (Wildman–Crippen LogP) is 5.45. The van der Waals surface area contributed by atoms with Crippen molar-refractivity contribution in [2.45, 2.75) is 0 Å². The van der Waals surface area contributed by atoms with Gasteiger partial charge in [-0.1, -0.05) is 41.0 Å². The molecule has 1 aromatic heterocycles. The highest BCUT2D eigenvalue weighted by Gasteiger charge is 2.17. The fourth-order valence-corrected chi connectivity index (χ4v) is 2.79. The van der Waals surface area contributed by atoms with Gasteiger partial charge in [0, 0.05) is 10.6 Å². The minimum Gasteiger partial charge on any atom is -0.334 e. The van der Waals surface area contributed by atoms with Crippen LogP contribution in [-0.2, 0) is 0 Å². The van der Waals surface area contributed by atoms with Crippen molar-refractivity contribution < 1.29 is 13.7 Å². The molecule has 3 aromatic carbocycles. The first-order valence-corrected chi connectivity index (χ1v) is 8.74. The number of para-hydroxylation sites is 1. The van der Waals surface area contributed by atoms with E-state index >= 15 is 0 Å². The lowest BCUT2D eigenvalue weighted by atomic mass is 10.1. The van der Waals surface area contributed by atoms with Crippen LogP contribution in [0.1, 0.15) is 10.4 Å². The number of halogens is 2. The van der Waals surface area contributed by atoms with Gasteiger partial charge in [0.1, 0.15) is 5.82 Å². The molecule has 5 nitrogen and oxygen atoms in total. The minimum atomic E-state index is -0.597. The molecule has 0 unspecified atom stereocenters. The van der Waals surface area contributed by atoms with Gasteiger partial charge in [0.2, 0.25) is 5.82 Å². The Morgan fingerprint density at radius 2 is 1.68 bits per heavy atom. The smallest absolute Gasteiger partial charge is 0.260 e. The van der Waals surface area contributed by atoms with Crippen LogP contribution in [0.15, 0.2) is 77.3 Å². The number of hydrogen-bond acceptors (Lipinski definition) is 4. The molecule has 0 aliphatic rings. The van der Waals surface area contributed by atoms with Crippen molar-refractivity contribution in [3.05, 3.63) is 89.2 Å². The zero-order chi connectivity index (χ0) is 19.5. The summed E-state index contributed by atoms with van der Waals surface area (Å²) >= 11 is 5.90. The van der Waals surface area contributed by atoms with Crippen LogP contribution in [0.3, 0.4) is 0 Å². The van der Waals surface area contributed by atoms with E-state index in [0.717, 1.165) is 5.56 Å². The van der Waals surface area contributed by atoms with Crippen molar-refractivity contribution >= 4 is 23.2 Å². The Morgan fingerprint density at radius 3 is 2.46 bits per heavy atom. The summed E-state index contributed by atoms with van der Waals surface area (Å²) in [6.45, 7) is 0. The normalized spacial score (nSPS) is 10.6. The lowest BCUT2D eigenvalue weighted by Gasteiger charge is -2.09. The van der Waals surface area contributed by atoms with Gasteiger partial charge in [-0.25, -0.2) is 4.39 Å². The SMILES string of the molecule is O=C(Nc1ccccc1-c1nc(-c2ccc(Cl)cc2)no1)c1ccccc1F. The van der Waals surface area contributed by atoms with E-state index < -0.39 is 11.7 Å². The van der Waals surface area contributed by atoms with Crippen LogP contribution in [0.4, 0.5) is 10.1 Å². The topological polar surface area (TPSA) is 68.0 Å². The molecule has 0 aliphatic heterocycles. The fraction of sp³-hybridized carbons (Fsp3) is 0. The first kappa shape index (κ1) is 17.9. The van der Waals surface area contributed by atoms with Gasteiger partial charge in [0.05, 0.1) is 16.8 Å². The molecule has 1 N–H and O–H groups in total. The van der Waals surface area contributed by atoms with Gasteiger partial charge < -0.3 is 9.84 Å². The molecule has 0 fully saturated rings. The van der Waals surface area contributed by atoms with Crippen molar-refractivity contribution in [3.8, 4) is 22.8 Å². The van der Waals surface area contributed by atoms with E-state index in [1.165, 1.54) is 18.2 Å². The number of nitrogens with zero attached hydrogens (tertiary/aromatic N) is 2. The molecule has 0 bridgehead atoms. The highest BCUT2D eigenvalue weighted by molar-refractivity contribution is 6.30. The van der Waals surface area contributed by atoms with Crippen molar-refractivity contribution in [2.24, 2.45) is 0 Å². The zero-order valence-electron chi connectivity index (χ0n) is 14.4. The maximum atomic E-state index is 13.9.